The van der Waals surface area contributed by atoms with Gasteiger partial charge in [0.1, 0.15) is 23.9 Å². The normalized spacial score (nSPS) is 11.5. The molecule has 0 aliphatic carbocycles. The van der Waals surface area contributed by atoms with Gasteiger partial charge in [0.25, 0.3) is 0 Å². The zero-order chi connectivity index (χ0) is 36.9. The van der Waals surface area contributed by atoms with Gasteiger partial charge in [0, 0.05) is 18.7 Å². The van der Waals surface area contributed by atoms with Crippen LogP contribution >= 0.6 is 0 Å². The van der Waals surface area contributed by atoms with Gasteiger partial charge in [-0.1, -0.05) is 146 Å². The molecule has 5 aromatic carbocycles. The number of hydrogen-bond acceptors (Lipinski definition) is 8. The third kappa shape index (κ3) is 6.25. The van der Waals surface area contributed by atoms with E-state index < -0.39 is 11.5 Å². The second-order valence-corrected chi connectivity index (χ2v) is 13.0. The van der Waals surface area contributed by atoms with E-state index in [-0.39, 0.29) is 6.54 Å². The summed E-state index contributed by atoms with van der Waals surface area (Å²) < 4.78 is 3.55. The van der Waals surface area contributed by atoms with Crippen LogP contribution in [0.1, 0.15) is 35.6 Å². The zero-order valence-electron chi connectivity index (χ0n) is 29.6. The molecule has 11 heteroatoms. The number of tetrazole rings is 1. The van der Waals surface area contributed by atoms with Crippen molar-refractivity contribution < 1.29 is 9.90 Å². The average Bonchev–Trinajstić information content (AvgIpc) is 3.87. The number of carboxylic acid groups (broad SMARTS) is 1. The number of nitrogens with zero attached hydrogens (tertiary/aromatic N) is 9. The molecule has 3 heterocycles. The molecule has 0 aliphatic heterocycles. The molecule has 3 aromatic heterocycles. The number of aliphatic carboxylic acids is 1. The second-order valence-electron chi connectivity index (χ2n) is 13.0. The van der Waals surface area contributed by atoms with E-state index in [9.17, 15) is 9.90 Å². The van der Waals surface area contributed by atoms with E-state index in [0.29, 0.717) is 35.9 Å². The van der Waals surface area contributed by atoms with E-state index in [1.165, 1.54) is 12.7 Å². The maximum Gasteiger partial charge on any atom is 0.323 e. The van der Waals surface area contributed by atoms with Gasteiger partial charge in [-0.3, -0.25) is 4.79 Å². The van der Waals surface area contributed by atoms with Gasteiger partial charge < -0.3 is 14.6 Å². The van der Waals surface area contributed by atoms with Crippen molar-refractivity contribution in [3.05, 3.63) is 174 Å². The fraction of sp³-hybridized carbons (Fsp3) is 0.140. The Hall–Kier alpha value is -7.01. The minimum atomic E-state index is -0.957. The molecule has 1 N–H and O–H groups in total. The van der Waals surface area contributed by atoms with Crippen molar-refractivity contribution in [2.45, 2.75) is 32.0 Å². The molecule has 0 fully saturated rings. The number of carboxylic acids is 1. The molecule has 0 unspecified atom stereocenters. The van der Waals surface area contributed by atoms with Crippen molar-refractivity contribution in [2.24, 2.45) is 0 Å². The molecule has 54 heavy (non-hydrogen) atoms. The summed E-state index contributed by atoms with van der Waals surface area (Å²) in [5.74, 6) is 0.327. The Morgan fingerprint density at radius 2 is 1.31 bits per heavy atom. The molecule has 8 rings (SSSR count). The van der Waals surface area contributed by atoms with Crippen LogP contribution in [0.2, 0.25) is 0 Å². The Morgan fingerprint density at radius 1 is 0.722 bits per heavy atom. The summed E-state index contributed by atoms with van der Waals surface area (Å²) in [7, 11) is 0. The van der Waals surface area contributed by atoms with Crippen LogP contribution in [0.25, 0.3) is 33.7 Å². The van der Waals surface area contributed by atoms with Gasteiger partial charge in [-0.25, -0.2) is 19.6 Å². The van der Waals surface area contributed by atoms with Crippen molar-refractivity contribution in [1.29, 1.82) is 0 Å². The summed E-state index contributed by atoms with van der Waals surface area (Å²) in [6, 6.07) is 47.8. The fourth-order valence-electron chi connectivity index (χ4n) is 7.35. The van der Waals surface area contributed by atoms with Crippen molar-refractivity contribution in [1.82, 2.24) is 39.7 Å². The lowest BCUT2D eigenvalue weighted by molar-refractivity contribution is -0.137. The number of benzene rings is 5. The molecule has 266 valence electrons. The Morgan fingerprint density at radius 3 is 1.91 bits per heavy atom. The van der Waals surface area contributed by atoms with E-state index in [1.54, 1.807) is 4.57 Å². The lowest BCUT2D eigenvalue weighted by Crippen LogP contribution is -2.39. The zero-order valence-corrected chi connectivity index (χ0v) is 29.6. The molecule has 0 spiro atoms. The van der Waals surface area contributed by atoms with Crippen LogP contribution in [-0.2, 0) is 23.4 Å². The summed E-state index contributed by atoms with van der Waals surface area (Å²) in [6.07, 6.45) is 3.86. The summed E-state index contributed by atoms with van der Waals surface area (Å²) in [4.78, 5) is 27.0. The van der Waals surface area contributed by atoms with Gasteiger partial charge in [0.2, 0.25) is 0 Å². The molecule has 8 aromatic rings. The lowest BCUT2D eigenvalue weighted by atomic mass is 9.77. The predicted molar refractivity (Wildman–Crippen MR) is 208 cm³/mol. The number of anilines is 1. The SMILES string of the molecule is CCCN(Cc1ccc(-c2ccccc2-c2nnnn2C(c2ccccc2)(c2ccccc2)c2ccccc2)cc1)c1ncnc2ncn(CC(=O)O)c12. The van der Waals surface area contributed by atoms with E-state index in [0.717, 1.165) is 45.4 Å². The van der Waals surface area contributed by atoms with Crippen molar-refractivity contribution in [3.8, 4) is 22.5 Å². The average molecular weight is 712 g/mol. The first-order chi connectivity index (χ1) is 26.6. The molecule has 0 bridgehead atoms. The number of aromatic nitrogens is 8. The maximum absolute atomic E-state index is 11.6. The smallest absolute Gasteiger partial charge is 0.323 e. The van der Waals surface area contributed by atoms with E-state index >= 15 is 0 Å². The Labute approximate surface area is 312 Å². The highest BCUT2D eigenvalue weighted by Crippen LogP contribution is 2.43. The highest BCUT2D eigenvalue weighted by atomic mass is 16.4. The first kappa shape index (κ1) is 34.1. The Balaban J connectivity index is 1.20. The third-order valence-corrected chi connectivity index (χ3v) is 9.66. The first-order valence-corrected chi connectivity index (χ1v) is 17.8. The quantitative estimate of drug-likeness (QED) is 0.121. The van der Waals surface area contributed by atoms with E-state index in [2.05, 4.69) is 141 Å². The standard InChI is InChI=1S/C43H37N9O2/c1-2-26-50(42-39-40(44-29-45-42)46-30-51(39)28-38(53)54)27-31-22-24-32(25-23-31)36-20-12-13-21-37(36)41-47-48-49-52(41)43(33-14-6-3-7-15-33,34-16-8-4-9-17-34)35-18-10-5-11-19-35/h3-25,29-30H,2,26-28H2,1H3,(H,53,54). The Bertz CT molecular complexity index is 2400. The second kappa shape index (κ2) is 14.9. The van der Waals surface area contributed by atoms with E-state index in [1.807, 2.05) is 35.0 Å². The Kier molecular flexibility index (Phi) is 9.42. The highest BCUT2D eigenvalue weighted by Gasteiger charge is 2.42. The van der Waals surface area contributed by atoms with Crippen molar-refractivity contribution >= 4 is 23.0 Å². The van der Waals surface area contributed by atoms with Gasteiger partial charge in [-0.2, -0.15) is 0 Å². The first-order valence-electron chi connectivity index (χ1n) is 17.8. The molecule has 0 saturated heterocycles. The predicted octanol–water partition coefficient (Wildman–Crippen LogP) is 7.49. The topological polar surface area (TPSA) is 128 Å². The number of carbonyl (C=O) groups is 1. The molecule has 0 amide bonds. The van der Waals surface area contributed by atoms with Gasteiger partial charge in [-0.15, -0.1) is 5.10 Å². The van der Waals surface area contributed by atoms with Crippen LogP contribution in [0.4, 0.5) is 5.82 Å². The summed E-state index contributed by atoms with van der Waals surface area (Å²) in [6.45, 7) is 3.16. The number of imidazole rings is 1. The minimum absolute atomic E-state index is 0.225. The minimum Gasteiger partial charge on any atom is -0.480 e. The summed E-state index contributed by atoms with van der Waals surface area (Å²) in [5.41, 5.74) is 7.25. The monoisotopic (exact) mass is 711 g/mol. The van der Waals surface area contributed by atoms with Gasteiger partial charge in [0.05, 0.1) is 6.33 Å². The van der Waals surface area contributed by atoms with Crippen molar-refractivity contribution in [2.75, 3.05) is 11.4 Å². The van der Waals surface area contributed by atoms with Crippen LogP contribution in [0.5, 0.6) is 0 Å². The van der Waals surface area contributed by atoms with Crippen LogP contribution in [0, 0.1) is 0 Å². The summed E-state index contributed by atoms with van der Waals surface area (Å²) >= 11 is 0. The molecule has 0 aliphatic rings. The lowest BCUT2D eigenvalue weighted by Gasteiger charge is -2.36. The van der Waals surface area contributed by atoms with Crippen LogP contribution < -0.4 is 4.90 Å². The largest absolute Gasteiger partial charge is 0.480 e. The molecule has 0 radical (unpaired) electrons. The molecular weight excluding hydrogens is 675 g/mol. The van der Waals surface area contributed by atoms with Crippen LogP contribution in [-0.4, -0.2) is 57.3 Å². The fourth-order valence-corrected chi connectivity index (χ4v) is 7.35. The molecular formula is C43H37N9O2. The highest BCUT2D eigenvalue weighted by molar-refractivity contribution is 5.85. The van der Waals surface area contributed by atoms with E-state index in [4.69, 9.17) is 10.3 Å². The maximum atomic E-state index is 11.6. The number of hydrogen-bond donors (Lipinski definition) is 1. The van der Waals surface area contributed by atoms with Crippen LogP contribution in [0.15, 0.2) is 152 Å². The molecule has 0 saturated carbocycles. The van der Waals surface area contributed by atoms with Gasteiger partial charge >= 0.3 is 5.97 Å². The van der Waals surface area contributed by atoms with Gasteiger partial charge in [-0.05, 0) is 50.2 Å². The molecule has 11 nitrogen and oxygen atoms in total. The third-order valence-electron chi connectivity index (χ3n) is 9.66. The van der Waals surface area contributed by atoms with Crippen LogP contribution in [0.3, 0.4) is 0 Å². The molecule has 0 atom stereocenters. The summed E-state index contributed by atoms with van der Waals surface area (Å²) in [5, 5.41) is 23.3. The van der Waals surface area contributed by atoms with Crippen molar-refractivity contribution in [3.63, 3.8) is 0 Å². The van der Waals surface area contributed by atoms with Gasteiger partial charge in [0.15, 0.2) is 17.3 Å². The number of rotatable bonds is 13. The number of fused-ring (bicyclic) bond motifs is 1.